The summed E-state index contributed by atoms with van der Waals surface area (Å²) in [5.74, 6) is -2.13. The van der Waals surface area contributed by atoms with Crippen LogP contribution in [0.1, 0.15) is 23.0 Å². The largest absolute Gasteiger partial charge is 0.462 e. The van der Waals surface area contributed by atoms with Gasteiger partial charge in [-0.05, 0) is 49.8 Å². The first-order chi connectivity index (χ1) is 16.0. The van der Waals surface area contributed by atoms with Gasteiger partial charge in [0.15, 0.2) is 0 Å². The average Bonchev–Trinajstić information content (AvgIpc) is 3.04. The number of nitrogens with zero attached hydrogens (tertiary/aromatic N) is 2. The van der Waals surface area contributed by atoms with Gasteiger partial charge in [-0.1, -0.05) is 12.1 Å². The number of carbonyl (C=O) groups excluding carboxylic acids is 1. The molecular weight excluding hydrogens is 500 g/mol. The fraction of sp³-hybridized carbons (Fsp3) is 0.292. The highest BCUT2D eigenvalue weighted by Gasteiger charge is 2.24. The highest BCUT2D eigenvalue weighted by molar-refractivity contribution is 7.89. The van der Waals surface area contributed by atoms with Gasteiger partial charge in [0.1, 0.15) is 11.6 Å². The summed E-state index contributed by atoms with van der Waals surface area (Å²) in [5, 5.41) is 0.460. The fourth-order valence-corrected chi connectivity index (χ4v) is 4.74. The number of carbonyl (C=O) groups is 1. The number of fused-ring (bicyclic) bond motifs is 1. The zero-order valence-electron chi connectivity index (χ0n) is 19.8. The second-order valence-electron chi connectivity index (χ2n) is 7.82. The molecule has 35 heavy (non-hydrogen) atoms. The highest BCUT2D eigenvalue weighted by Crippen LogP contribution is 2.37. The third-order valence-electron chi connectivity index (χ3n) is 5.46. The first-order valence-electron chi connectivity index (χ1n) is 10.6. The lowest BCUT2D eigenvalue weighted by Crippen LogP contribution is -2.22. The van der Waals surface area contributed by atoms with E-state index in [-0.39, 0.29) is 42.6 Å². The van der Waals surface area contributed by atoms with E-state index in [0.717, 1.165) is 10.4 Å². The van der Waals surface area contributed by atoms with Crippen LogP contribution >= 0.6 is 12.4 Å². The molecular formula is C24H28ClF2N3O4S. The van der Waals surface area contributed by atoms with Gasteiger partial charge in [0.05, 0.1) is 29.1 Å². The Balaban J connectivity index is 0.00000432. The fourth-order valence-electron chi connectivity index (χ4n) is 3.80. The molecule has 0 radical (unpaired) electrons. The number of sulfonamides is 1. The predicted octanol–water partition coefficient (Wildman–Crippen LogP) is 4.42. The summed E-state index contributed by atoms with van der Waals surface area (Å²) in [6.07, 6.45) is 1.22. The molecule has 0 saturated heterocycles. The molecule has 0 bridgehead atoms. The summed E-state index contributed by atoms with van der Waals surface area (Å²) in [7, 11) is -0.858. The monoisotopic (exact) mass is 527 g/mol. The molecule has 0 aliphatic heterocycles. The van der Waals surface area contributed by atoms with Crippen molar-refractivity contribution >= 4 is 39.3 Å². The lowest BCUT2D eigenvalue weighted by atomic mass is 10.0. The molecule has 2 aromatic carbocycles. The van der Waals surface area contributed by atoms with Crippen LogP contribution in [0.5, 0.6) is 0 Å². The van der Waals surface area contributed by atoms with Crippen molar-refractivity contribution in [3.63, 3.8) is 0 Å². The number of esters is 1. The SMILES string of the molecule is CCOC(=O)c1cc2c(-c3cccc(S(=O)(=O)N(C)C)c3)c(C)n(C/C(F)=C/CN)c2cc1F.Cl. The molecule has 3 aromatic rings. The van der Waals surface area contributed by atoms with Crippen molar-refractivity contribution in [2.75, 3.05) is 27.2 Å². The van der Waals surface area contributed by atoms with E-state index in [0.29, 0.717) is 27.7 Å². The van der Waals surface area contributed by atoms with Crippen LogP contribution in [-0.2, 0) is 21.3 Å². The maximum Gasteiger partial charge on any atom is 0.341 e. The van der Waals surface area contributed by atoms with E-state index in [2.05, 4.69) is 0 Å². The van der Waals surface area contributed by atoms with Gasteiger partial charge in [0, 0.05) is 37.3 Å². The molecule has 0 saturated carbocycles. The third-order valence-corrected chi connectivity index (χ3v) is 7.27. The van der Waals surface area contributed by atoms with Crippen LogP contribution < -0.4 is 5.73 Å². The second kappa shape index (κ2) is 11.3. The summed E-state index contributed by atoms with van der Waals surface area (Å²) in [6, 6.07) is 8.80. The smallest absolute Gasteiger partial charge is 0.341 e. The molecule has 11 heteroatoms. The predicted molar refractivity (Wildman–Crippen MR) is 134 cm³/mol. The molecule has 0 spiro atoms. The summed E-state index contributed by atoms with van der Waals surface area (Å²) in [6.45, 7) is 3.21. The minimum atomic E-state index is -3.72. The second-order valence-corrected chi connectivity index (χ2v) is 9.97. The number of benzene rings is 2. The third kappa shape index (κ3) is 5.56. The van der Waals surface area contributed by atoms with Gasteiger partial charge in [0.2, 0.25) is 10.0 Å². The van der Waals surface area contributed by atoms with Gasteiger partial charge in [-0.2, -0.15) is 0 Å². The molecule has 3 rings (SSSR count). The molecule has 1 aromatic heterocycles. The minimum Gasteiger partial charge on any atom is -0.462 e. The Bertz CT molecular complexity index is 1390. The molecule has 0 aliphatic carbocycles. The number of nitrogens with two attached hydrogens (primary N) is 1. The average molecular weight is 528 g/mol. The van der Waals surface area contributed by atoms with Gasteiger partial charge < -0.3 is 15.0 Å². The van der Waals surface area contributed by atoms with Crippen LogP contribution in [0.25, 0.3) is 22.0 Å². The first-order valence-corrected chi connectivity index (χ1v) is 12.0. The number of hydrogen-bond donors (Lipinski definition) is 1. The molecule has 0 atom stereocenters. The molecule has 7 nitrogen and oxygen atoms in total. The van der Waals surface area contributed by atoms with Crippen LogP contribution in [0.4, 0.5) is 8.78 Å². The van der Waals surface area contributed by atoms with Crippen LogP contribution in [-0.4, -0.2) is 50.5 Å². The summed E-state index contributed by atoms with van der Waals surface area (Å²) in [5.41, 5.74) is 7.15. The van der Waals surface area contributed by atoms with Gasteiger partial charge in [-0.15, -0.1) is 12.4 Å². The maximum atomic E-state index is 14.9. The van der Waals surface area contributed by atoms with Crippen molar-refractivity contribution in [3.05, 3.63) is 65.4 Å². The summed E-state index contributed by atoms with van der Waals surface area (Å²) in [4.78, 5) is 12.4. The number of rotatable bonds is 8. The van der Waals surface area contributed by atoms with Gasteiger partial charge in [-0.3, -0.25) is 0 Å². The molecule has 0 fully saturated rings. The first kappa shape index (κ1) is 28.4. The van der Waals surface area contributed by atoms with Crippen LogP contribution in [0.3, 0.4) is 0 Å². The van der Waals surface area contributed by atoms with Crippen LogP contribution in [0, 0.1) is 12.7 Å². The van der Waals surface area contributed by atoms with Crippen molar-refractivity contribution in [1.82, 2.24) is 8.87 Å². The molecule has 0 aliphatic rings. The number of halogens is 3. The number of ether oxygens (including phenoxy) is 1. The standard InChI is InChI=1S/C24H27F2N3O4S.ClH/c1-5-33-24(30)19-12-20-22(13-21(19)26)29(14-17(25)9-10-27)15(2)23(20)16-7-6-8-18(11-16)34(31,32)28(3)4;/h6-9,11-13H,5,10,14,27H2,1-4H3;1H/b17-9-;. The Morgan fingerprint density at radius 1 is 1.23 bits per heavy atom. The van der Waals surface area contributed by atoms with Crippen molar-refractivity contribution in [3.8, 4) is 11.1 Å². The van der Waals surface area contributed by atoms with E-state index >= 15 is 0 Å². The molecule has 0 amide bonds. The molecule has 190 valence electrons. The summed E-state index contributed by atoms with van der Waals surface area (Å²) >= 11 is 0. The molecule has 1 heterocycles. The normalized spacial score (nSPS) is 12.2. The van der Waals surface area contributed by atoms with E-state index < -0.39 is 27.6 Å². The van der Waals surface area contributed by atoms with E-state index in [1.807, 2.05) is 0 Å². The zero-order valence-corrected chi connectivity index (χ0v) is 21.5. The van der Waals surface area contributed by atoms with E-state index in [9.17, 15) is 22.0 Å². The Morgan fingerprint density at radius 2 is 1.91 bits per heavy atom. The zero-order chi connectivity index (χ0) is 25.2. The Labute approximate surface area is 209 Å². The molecule has 2 N–H and O–H groups in total. The quantitative estimate of drug-likeness (QED) is 0.438. The van der Waals surface area contributed by atoms with Gasteiger partial charge in [0.25, 0.3) is 0 Å². The van der Waals surface area contributed by atoms with Crippen LogP contribution in [0.15, 0.2) is 53.2 Å². The van der Waals surface area contributed by atoms with Crippen molar-refractivity contribution in [2.45, 2.75) is 25.3 Å². The Hall–Kier alpha value is -2.79. The van der Waals surface area contributed by atoms with E-state index in [1.165, 1.54) is 38.4 Å². The Morgan fingerprint density at radius 3 is 2.51 bits per heavy atom. The number of hydrogen-bond acceptors (Lipinski definition) is 5. The highest BCUT2D eigenvalue weighted by atomic mass is 35.5. The molecule has 0 unspecified atom stereocenters. The van der Waals surface area contributed by atoms with Crippen LogP contribution in [0.2, 0.25) is 0 Å². The summed E-state index contributed by atoms with van der Waals surface area (Å²) < 4.78 is 62.3. The topological polar surface area (TPSA) is 94.6 Å². The number of aromatic nitrogens is 1. The van der Waals surface area contributed by atoms with Crippen molar-refractivity contribution < 1.29 is 26.7 Å². The van der Waals surface area contributed by atoms with E-state index in [4.69, 9.17) is 10.5 Å². The van der Waals surface area contributed by atoms with Crippen molar-refractivity contribution in [1.29, 1.82) is 0 Å². The minimum absolute atomic E-state index is 0. The Kier molecular flexibility index (Phi) is 9.18. The van der Waals surface area contributed by atoms with E-state index in [1.54, 1.807) is 30.5 Å². The lowest BCUT2D eigenvalue weighted by Gasteiger charge is -2.13. The van der Waals surface area contributed by atoms with Gasteiger partial charge in [-0.25, -0.2) is 26.3 Å². The lowest BCUT2D eigenvalue weighted by molar-refractivity contribution is 0.0521. The number of allylic oxidation sites excluding steroid dienone is 1. The van der Waals surface area contributed by atoms with Crippen molar-refractivity contribution in [2.24, 2.45) is 5.73 Å². The van der Waals surface area contributed by atoms with Gasteiger partial charge >= 0.3 is 5.97 Å². The maximum absolute atomic E-state index is 14.9.